The first-order valence-electron chi connectivity index (χ1n) is 20.1. The van der Waals surface area contributed by atoms with E-state index in [0.717, 1.165) is 90.9 Å². The van der Waals surface area contributed by atoms with Gasteiger partial charge in [0.05, 0.1) is 16.8 Å². The van der Waals surface area contributed by atoms with Gasteiger partial charge in [-0.3, -0.25) is 0 Å². The van der Waals surface area contributed by atoms with Gasteiger partial charge < -0.3 is 4.74 Å². The predicted molar refractivity (Wildman–Crippen MR) is 237 cm³/mol. The fourth-order valence-corrected chi connectivity index (χ4v) is 9.87. The minimum atomic E-state index is -0.637. The molecule has 0 radical (unpaired) electrons. The number of fused-ring (bicyclic) bond motifs is 13. The Morgan fingerprint density at radius 3 is 1.66 bits per heavy atom. The van der Waals surface area contributed by atoms with Gasteiger partial charge in [0, 0.05) is 33.0 Å². The second-order valence-electron chi connectivity index (χ2n) is 15.5. The van der Waals surface area contributed by atoms with Gasteiger partial charge in [-0.1, -0.05) is 188 Å². The first-order valence-corrected chi connectivity index (χ1v) is 20.1. The third-order valence-electron chi connectivity index (χ3n) is 12.5. The maximum Gasteiger partial charge on any atom is 0.156 e. The lowest BCUT2D eigenvalue weighted by atomic mass is 9.65. The number of hydrogen-bond donors (Lipinski definition) is 0. The van der Waals surface area contributed by atoms with E-state index in [1.807, 2.05) is 0 Å². The Morgan fingerprint density at radius 1 is 0.414 bits per heavy atom. The quantitative estimate of drug-likeness (QED) is 0.180. The van der Waals surface area contributed by atoms with Gasteiger partial charge in [-0.05, 0) is 68.6 Å². The molecule has 0 saturated carbocycles. The van der Waals surface area contributed by atoms with Crippen LogP contribution in [0.2, 0.25) is 0 Å². The largest absolute Gasteiger partial charge is 0.455 e. The molecule has 3 aliphatic rings. The summed E-state index contributed by atoms with van der Waals surface area (Å²) in [7, 11) is 0. The van der Waals surface area contributed by atoms with Crippen LogP contribution < -0.4 is 4.74 Å². The van der Waals surface area contributed by atoms with Crippen LogP contribution in [-0.2, 0) is 5.41 Å². The number of allylic oxidation sites excluding steroid dienone is 4. The zero-order valence-electron chi connectivity index (χ0n) is 31.7. The van der Waals surface area contributed by atoms with Crippen molar-refractivity contribution in [2.24, 2.45) is 0 Å². The highest BCUT2D eigenvalue weighted by Gasteiger charge is 2.52. The molecule has 1 spiro atoms. The molecule has 0 unspecified atom stereocenters. The van der Waals surface area contributed by atoms with Crippen molar-refractivity contribution in [3.05, 3.63) is 228 Å². The van der Waals surface area contributed by atoms with Crippen LogP contribution in [0.5, 0.6) is 11.5 Å². The van der Waals surface area contributed by atoms with Crippen molar-refractivity contribution in [3.8, 4) is 45.1 Å². The molecule has 9 aromatic rings. The van der Waals surface area contributed by atoms with Crippen molar-refractivity contribution in [3.63, 3.8) is 0 Å². The number of hydrogen-bond acceptors (Lipinski definition) is 3. The van der Waals surface area contributed by atoms with Gasteiger partial charge in [-0.2, -0.15) is 0 Å². The number of ether oxygens (including phenoxy) is 1. The van der Waals surface area contributed by atoms with E-state index in [-0.39, 0.29) is 0 Å². The van der Waals surface area contributed by atoms with Gasteiger partial charge in [0.25, 0.3) is 0 Å². The maximum atomic E-state index is 7.19. The fourth-order valence-electron chi connectivity index (χ4n) is 9.87. The summed E-state index contributed by atoms with van der Waals surface area (Å²) in [6, 6.07) is 65.4. The van der Waals surface area contributed by atoms with Crippen LogP contribution in [0.4, 0.5) is 0 Å². The van der Waals surface area contributed by atoms with E-state index in [4.69, 9.17) is 14.7 Å². The number of rotatable bonds is 4. The smallest absolute Gasteiger partial charge is 0.156 e. The second kappa shape index (κ2) is 12.8. The molecule has 12 rings (SSSR count). The van der Waals surface area contributed by atoms with Crippen LogP contribution in [0, 0.1) is 0 Å². The van der Waals surface area contributed by atoms with Gasteiger partial charge in [0.2, 0.25) is 0 Å². The van der Waals surface area contributed by atoms with Crippen molar-refractivity contribution in [2.45, 2.75) is 18.3 Å². The van der Waals surface area contributed by atoms with E-state index in [9.17, 15) is 0 Å². The Hall–Kier alpha value is -7.36. The molecule has 8 aromatic carbocycles. The molecular weight excluding hydrogens is 705 g/mol. The first kappa shape index (κ1) is 32.8. The predicted octanol–water partition coefficient (Wildman–Crippen LogP) is 13.8. The monoisotopic (exact) mass is 740 g/mol. The summed E-state index contributed by atoms with van der Waals surface area (Å²) in [5, 5.41) is 4.53. The average Bonchev–Trinajstić information content (AvgIpc) is 3.60. The summed E-state index contributed by atoms with van der Waals surface area (Å²) in [5.41, 5.74) is 14.3. The minimum Gasteiger partial charge on any atom is -0.455 e. The van der Waals surface area contributed by atoms with Crippen LogP contribution in [-0.4, -0.2) is 9.97 Å². The summed E-state index contributed by atoms with van der Waals surface area (Å²) in [5.74, 6) is 2.61. The molecule has 2 heterocycles. The molecule has 0 bridgehead atoms. The topological polar surface area (TPSA) is 35.0 Å². The van der Waals surface area contributed by atoms with E-state index in [0.29, 0.717) is 0 Å². The minimum absolute atomic E-state index is 0.637. The van der Waals surface area contributed by atoms with Crippen molar-refractivity contribution < 1.29 is 4.74 Å². The van der Waals surface area contributed by atoms with Crippen LogP contribution in [0.1, 0.15) is 46.5 Å². The molecule has 0 N–H and O–H groups in total. The van der Waals surface area contributed by atoms with E-state index in [1.165, 1.54) is 33.4 Å². The Kier molecular flexibility index (Phi) is 7.27. The van der Waals surface area contributed by atoms with Crippen molar-refractivity contribution >= 4 is 32.7 Å². The van der Waals surface area contributed by atoms with E-state index < -0.39 is 5.41 Å². The van der Waals surface area contributed by atoms with Gasteiger partial charge in [0.1, 0.15) is 11.5 Å². The summed E-state index contributed by atoms with van der Waals surface area (Å²) in [6.07, 6.45) is 6.28. The van der Waals surface area contributed by atoms with Crippen LogP contribution in [0.25, 0.3) is 66.3 Å². The van der Waals surface area contributed by atoms with Crippen LogP contribution in [0.3, 0.4) is 0 Å². The normalized spacial score (nSPS) is 14.6. The van der Waals surface area contributed by atoms with Gasteiger partial charge in [-0.25, -0.2) is 9.97 Å². The maximum absolute atomic E-state index is 7.19. The first-order chi connectivity index (χ1) is 28.8. The number of benzene rings is 8. The van der Waals surface area contributed by atoms with Crippen molar-refractivity contribution in [1.29, 1.82) is 0 Å². The van der Waals surface area contributed by atoms with Gasteiger partial charge >= 0.3 is 0 Å². The lowest BCUT2D eigenvalue weighted by Crippen LogP contribution is -2.32. The third-order valence-corrected chi connectivity index (χ3v) is 12.5. The molecule has 3 heteroatoms. The molecular formula is C55H36N2O. The summed E-state index contributed by atoms with van der Waals surface area (Å²) < 4.78 is 7.19. The molecule has 2 aliphatic carbocycles. The molecule has 1 aromatic heterocycles. The van der Waals surface area contributed by atoms with Gasteiger partial charge in [-0.15, -0.1) is 0 Å². The van der Waals surface area contributed by atoms with Crippen LogP contribution in [0.15, 0.2) is 194 Å². The standard InChI is InChI=1S/C55H36N2O/c1-3-14-35(15-4-1)36-26-28-40(29-27-36)54-56-49(39-18-5-2-6-19-39)34-50(57-54)44-23-13-25-46-51(44)43-22-11-12-24-45(43)55(46)47-32-30-37-16-7-9-20-41(37)52(47)58-53-42-21-10-8-17-38(42)31-33-48(53)55/h1-26,28,30-34H,27,29H2. The zero-order valence-corrected chi connectivity index (χ0v) is 31.7. The Bertz CT molecular complexity index is 3110. The van der Waals surface area contributed by atoms with Crippen LogP contribution >= 0.6 is 0 Å². The highest BCUT2D eigenvalue weighted by molar-refractivity contribution is 6.02. The highest BCUT2D eigenvalue weighted by atomic mass is 16.5. The van der Waals surface area contributed by atoms with Crippen molar-refractivity contribution in [2.75, 3.05) is 0 Å². The SMILES string of the molecule is C1=C(c2ccccc2)CCC(c2nc(-c3ccccc3)cc(-c3cccc4c3-c3ccccc3C43c4ccc5ccccc5c4Oc4c3ccc3ccccc43)n2)=C1. The summed E-state index contributed by atoms with van der Waals surface area (Å²) >= 11 is 0. The van der Waals surface area contributed by atoms with E-state index >= 15 is 0 Å². The fraction of sp³-hybridized carbons (Fsp3) is 0.0545. The summed E-state index contributed by atoms with van der Waals surface area (Å²) in [6.45, 7) is 0. The summed E-state index contributed by atoms with van der Waals surface area (Å²) in [4.78, 5) is 10.7. The average molecular weight is 741 g/mol. The molecule has 272 valence electrons. The lowest BCUT2D eigenvalue weighted by Gasteiger charge is -2.40. The molecule has 0 saturated heterocycles. The van der Waals surface area contributed by atoms with E-state index in [1.54, 1.807) is 0 Å². The molecule has 0 amide bonds. The molecule has 1 aliphatic heterocycles. The van der Waals surface area contributed by atoms with Crippen molar-refractivity contribution in [1.82, 2.24) is 9.97 Å². The van der Waals surface area contributed by atoms with E-state index in [2.05, 4.69) is 194 Å². The molecule has 3 nitrogen and oxygen atoms in total. The highest BCUT2D eigenvalue weighted by Crippen LogP contribution is 2.65. The zero-order chi connectivity index (χ0) is 38.2. The Morgan fingerprint density at radius 2 is 0.966 bits per heavy atom. The number of nitrogens with zero attached hydrogens (tertiary/aromatic N) is 2. The lowest BCUT2D eigenvalue weighted by molar-refractivity contribution is 0.447. The molecule has 58 heavy (non-hydrogen) atoms. The number of aromatic nitrogens is 2. The Balaban J connectivity index is 1.13. The van der Waals surface area contributed by atoms with Gasteiger partial charge in [0.15, 0.2) is 5.82 Å². The molecule has 0 fully saturated rings. The third kappa shape index (κ3) is 4.80. The Labute approximate surface area is 337 Å². The molecule has 0 atom stereocenters. The second-order valence-corrected chi connectivity index (χ2v) is 15.5.